The monoisotopic (exact) mass is 668 g/mol. The van der Waals surface area contributed by atoms with Crippen LogP contribution in [0.15, 0.2) is 70.1 Å². The van der Waals surface area contributed by atoms with E-state index in [0.29, 0.717) is 30.7 Å². The minimum Gasteiger partial charge on any atom is -0.478 e. The molecule has 0 radical (unpaired) electrons. The number of anilines is 1. The van der Waals surface area contributed by atoms with Gasteiger partial charge in [0, 0.05) is 47.7 Å². The molecule has 2 aromatic carbocycles. The molecule has 48 heavy (non-hydrogen) atoms. The van der Waals surface area contributed by atoms with Crippen LogP contribution < -0.4 is 14.8 Å². The second-order valence-electron chi connectivity index (χ2n) is 12.3. The van der Waals surface area contributed by atoms with Crippen LogP contribution in [0.3, 0.4) is 0 Å². The smallest absolute Gasteiger partial charge is 0.335 e. The highest BCUT2D eigenvalue weighted by Crippen LogP contribution is 2.30. The number of carbonyl (C=O) groups is 1. The summed E-state index contributed by atoms with van der Waals surface area (Å²) in [5.74, 6) is 0.909. The van der Waals surface area contributed by atoms with Crippen LogP contribution in [0.1, 0.15) is 72.0 Å². The lowest BCUT2D eigenvalue weighted by atomic mass is 10.00. The maximum atomic E-state index is 11.5. The van der Waals surface area contributed by atoms with Crippen molar-refractivity contribution in [1.82, 2.24) is 25.3 Å². The molecule has 11 nitrogen and oxygen atoms in total. The van der Waals surface area contributed by atoms with E-state index in [1.165, 1.54) is 11.9 Å². The number of aromatic nitrogens is 4. The number of hydrogen-bond donors (Lipinski definition) is 3. The van der Waals surface area contributed by atoms with Gasteiger partial charge in [0.1, 0.15) is 17.9 Å². The van der Waals surface area contributed by atoms with E-state index < -0.39 is 5.97 Å². The van der Waals surface area contributed by atoms with E-state index >= 15 is 0 Å². The predicted octanol–water partition coefficient (Wildman–Crippen LogP) is 7.34. The van der Waals surface area contributed by atoms with E-state index in [9.17, 15) is 9.90 Å². The van der Waals surface area contributed by atoms with E-state index in [1.54, 1.807) is 24.4 Å². The highest BCUT2D eigenvalue weighted by molar-refractivity contribution is 8.00. The number of fused-ring (bicyclic) bond motifs is 1. The molecule has 1 aliphatic heterocycles. The third kappa shape index (κ3) is 8.30. The number of ether oxygens (including phenoxy) is 2. The molecule has 1 fully saturated rings. The van der Waals surface area contributed by atoms with Gasteiger partial charge in [-0.2, -0.15) is 4.98 Å². The predicted molar refractivity (Wildman–Crippen MR) is 185 cm³/mol. The Balaban J connectivity index is 1.22. The second-order valence-corrected chi connectivity index (χ2v) is 13.2. The zero-order chi connectivity index (χ0) is 33.6. The summed E-state index contributed by atoms with van der Waals surface area (Å²) in [5.41, 5.74) is 6.21. The lowest BCUT2D eigenvalue weighted by Crippen LogP contribution is -2.37. The van der Waals surface area contributed by atoms with Gasteiger partial charge in [-0.05, 0) is 74.4 Å². The van der Waals surface area contributed by atoms with E-state index in [-0.39, 0.29) is 23.6 Å². The Kier molecular flexibility index (Phi) is 10.5. The summed E-state index contributed by atoms with van der Waals surface area (Å²) in [4.78, 5) is 31.0. The molecule has 0 spiro atoms. The second kappa shape index (κ2) is 15.1. The molecule has 5 aromatic rings. The molecule has 0 aliphatic carbocycles. The summed E-state index contributed by atoms with van der Waals surface area (Å²) in [5, 5.41) is 13.0. The SMILES string of the molecule is Cc1cccc(C)c1-c1cc(OCC(CC2CCCO2)NCc2cnc3oc(C(C)C)cc3n2)nc(NSc2cccc(C(=O)O)c2)n1. The lowest BCUT2D eigenvalue weighted by molar-refractivity contribution is 0.0696. The molecule has 2 atom stereocenters. The Bertz CT molecular complexity index is 1870. The Morgan fingerprint density at radius 3 is 2.65 bits per heavy atom. The quantitative estimate of drug-likeness (QED) is 0.102. The van der Waals surface area contributed by atoms with Gasteiger partial charge in [-0.1, -0.05) is 38.1 Å². The van der Waals surface area contributed by atoms with Gasteiger partial charge in [0.25, 0.3) is 0 Å². The molecule has 3 N–H and O–H groups in total. The Hall–Kier alpha value is -4.52. The molecule has 4 heterocycles. The molecule has 1 aliphatic rings. The molecule has 1 saturated heterocycles. The van der Waals surface area contributed by atoms with Crippen LogP contribution >= 0.6 is 11.9 Å². The first-order chi connectivity index (χ1) is 23.2. The normalized spacial score (nSPS) is 15.2. The van der Waals surface area contributed by atoms with Crippen molar-refractivity contribution in [2.24, 2.45) is 0 Å². The van der Waals surface area contributed by atoms with Crippen LogP contribution in [0.4, 0.5) is 5.95 Å². The molecule has 12 heteroatoms. The number of nitrogens with one attached hydrogen (secondary N) is 2. The molecule has 6 rings (SSSR count). The van der Waals surface area contributed by atoms with Crippen LogP contribution in [0.5, 0.6) is 5.88 Å². The Labute approximate surface area is 284 Å². The summed E-state index contributed by atoms with van der Waals surface area (Å²) in [7, 11) is 0. The molecule has 3 aromatic heterocycles. The van der Waals surface area contributed by atoms with Gasteiger partial charge in [-0.15, -0.1) is 0 Å². The summed E-state index contributed by atoms with van der Waals surface area (Å²) >= 11 is 1.24. The molecule has 250 valence electrons. The zero-order valence-electron chi connectivity index (χ0n) is 27.5. The van der Waals surface area contributed by atoms with Crippen molar-refractivity contribution in [1.29, 1.82) is 0 Å². The van der Waals surface area contributed by atoms with Crippen molar-refractivity contribution in [2.75, 3.05) is 17.9 Å². The Morgan fingerprint density at radius 1 is 1.08 bits per heavy atom. The number of rotatable bonds is 14. The van der Waals surface area contributed by atoms with Crippen molar-refractivity contribution in [3.8, 4) is 17.1 Å². The standard InChI is InChI=1S/C36H40N6O5S/c1-21(2)31-16-30-34(47-31)38-19-26(39-30)18-37-25(15-27-11-7-13-45-27)20-46-32-17-29(33-22(3)8-5-9-23(33)4)40-36(41-32)42-48-28-12-6-10-24(14-28)35(43)44/h5-6,8-10,12,14,16-17,19,21,25,27,37H,7,11,13,15,18,20H2,1-4H3,(H,43,44)(H,40,41,42). The van der Waals surface area contributed by atoms with E-state index in [4.69, 9.17) is 28.8 Å². The minimum atomic E-state index is -0.984. The molecular formula is C36H40N6O5S. The van der Waals surface area contributed by atoms with Gasteiger partial charge < -0.3 is 24.3 Å². The zero-order valence-corrected chi connectivity index (χ0v) is 28.3. The van der Waals surface area contributed by atoms with Gasteiger partial charge in [-0.25, -0.2) is 19.7 Å². The fourth-order valence-electron chi connectivity index (χ4n) is 5.73. The van der Waals surface area contributed by atoms with Gasteiger partial charge in [0.15, 0.2) is 0 Å². The summed E-state index contributed by atoms with van der Waals surface area (Å²) in [6, 6.07) is 16.6. The first-order valence-corrected chi connectivity index (χ1v) is 17.0. The largest absolute Gasteiger partial charge is 0.478 e. The topological polar surface area (TPSA) is 145 Å². The van der Waals surface area contributed by atoms with Crippen molar-refractivity contribution < 1.29 is 23.8 Å². The first-order valence-electron chi connectivity index (χ1n) is 16.2. The third-order valence-corrected chi connectivity index (χ3v) is 9.01. The number of carboxylic acid groups (broad SMARTS) is 1. The first kappa shape index (κ1) is 33.4. The number of hydrogen-bond acceptors (Lipinski definition) is 11. The fraction of sp³-hybridized carbons (Fsp3) is 0.361. The van der Waals surface area contributed by atoms with E-state index in [1.807, 2.05) is 24.3 Å². The van der Waals surface area contributed by atoms with Gasteiger partial charge in [0.05, 0.1) is 29.3 Å². The van der Waals surface area contributed by atoms with Crippen LogP contribution in [0.25, 0.3) is 22.5 Å². The van der Waals surface area contributed by atoms with Crippen LogP contribution in [-0.4, -0.2) is 56.4 Å². The van der Waals surface area contributed by atoms with Crippen molar-refractivity contribution in [2.45, 2.75) is 76.5 Å². The van der Waals surface area contributed by atoms with Gasteiger partial charge in [0.2, 0.25) is 17.5 Å². The number of nitrogens with zero attached hydrogens (tertiary/aromatic N) is 4. The maximum absolute atomic E-state index is 11.5. The summed E-state index contributed by atoms with van der Waals surface area (Å²) in [6.45, 7) is 9.88. The van der Waals surface area contributed by atoms with Crippen molar-refractivity contribution in [3.05, 3.63) is 88.9 Å². The van der Waals surface area contributed by atoms with Crippen LogP contribution in [-0.2, 0) is 11.3 Å². The molecule has 2 unspecified atom stereocenters. The van der Waals surface area contributed by atoms with Crippen LogP contribution in [0.2, 0.25) is 0 Å². The lowest BCUT2D eigenvalue weighted by Gasteiger charge is -2.22. The van der Waals surface area contributed by atoms with Crippen molar-refractivity contribution >= 4 is 35.1 Å². The number of aromatic carboxylic acids is 1. The van der Waals surface area contributed by atoms with Crippen LogP contribution in [0, 0.1) is 13.8 Å². The molecule has 0 amide bonds. The molecule has 0 bridgehead atoms. The number of benzene rings is 2. The molecular weight excluding hydrogens is 629 g/mol. The minimum absolute atomic E-state index is 0.0515. The average molecular weight is 669 g/mol. The average Bonchev–Trinajstić information content (AvgIpc) is 3.75. The highest BCUT2D eigenvalue weighted by atomic mass is 32.2. The van der Waals surface area contributed by atoms with E-state index in [2.05, 4.69) is 54.9 Å². The number of furan rings is 1. The van der Waals surface area contributed by atoms with Gasteiger partial charge in [-0.3, -0.25) is 4.72 Å². The maximum Gasteiger partial charge on any atom is 0.335 e. The number of carboxylic acids is 1. The van der Waals surface area contributed by atoms with E-state index in [0.717, 1.165) is 70.1 Å². The molecule has 0 saturated carbocycles. The summed E-state index contributed by atoms with van der Waals surface area (Å²) in [6.07, 6.45) is 4.72. The third-order valence-electron chi connectivity index (χ3n) is 8.23. The highest BCUT2D eigenvalue weighted by Gasteiger charge is 2.22. The fourth-order valence-corrected chi connectivity index (χ4v) is 6.36. The number of aryl methyl sites for hydroxylation is 2. The Morgan fingerprint density at radius 2 is 1.90 bits per heavy atom. The van der Waals surface area contributed by atoms with Gasteiger partial charge >= 0.3 is 5.97 Å². The summed E-state index contributed by atoms with van der Waals surface area (Å²) < 4.78 is 21.4. The van der Waals surface area contributed by atoms with Crippen molar-refractivity contribution in [3.63, 3.8) is 0 Å².